The number of aryl methyl sites for hydroxylation is 1. The van der Waals surface area contributed by atoms with Crippen LogP contribution in [0.15, 0.2) is 71.6 Å². The van der Waals surface area contributed by atoms with Gasteiger partial charge >= 0.3 is 0 Å². The van der Waals surface area contributed by atoms with Crippen molar-refractivity contribution in [3.8, 4) is 0 Å². The van der Waals surface area contributed by atoms with E-state index < -0.39 is 32.2 Å². The zero-order chi connectivity index (χ0) is 22.8. The minimum absolute atomic E-state index is 0.0608. The molecule has 3 aromatic carbocycles. The molecule has 0 N–H and O–H groups in total. The maximum Gasteiger partial charge on any atom is 0.269 e. The number of sulfone groups is 1. The number of carbonyl (C=O) groups excluding carboxylic acids is 1. The second kappa shape index (κ2) is 9.18. The fourth-order valence-corrected chi connectivity index (χ4v) is 5.46. The highest BCUT2D eigenvalue weighted by atomic mass is 35.5. The van der Waals surface area contributed by atoms with E-state index in [0.29, 0.717) is 5.02 Å². The first-order valence-corrected chi connectivity index (χ1v) is 11.4. The van der Waals surface area contributed by atoms with Crippen LogP contribution in [0.4, 0.5) is 5.69 Å². The lowest BCUT2D eigenvalue weighted by Crippen LogP contribution is -2.18. The smallest absolute Gasteiger partial charge is 0.269 e. The quantitative estimate of drug-likeness (QED) is 0.236. The lowest BCUT2D eigenvalue weighted by molar-refractivity contribution is -0.384. The van der Waals surface area contributed by atoms with E-state index >= 15 is 0 Å². The van der Waals surface area contributed by atoms with Gasteiger partial charge in [0.15, 0.2) is 15.6 Å². The third-order valence-corrected chi connectivity index (χ3v) is 7.47. The molecule has 0 unspecified atom stereocenters. The SMILES string of the molecule is Cc1ccc(S(=O)(=O)[C@H](CC(=O)c2ccc([N+](=O)[O-])cc2)c2ccc(Cl)cc2Cl)cc1. The summed E-state index contributed by atoms with van der Waals surface area (Å²) in [5.41, 5.74) is 1.14. The Bertz CT molecular complexity index is 1240. The first kappa shape index (κ1) is 22.9. The molecule has 9 heteroatoms. The standard InChI is InChI=1S/C22H17Cl2NO5S/c1-14-2-9-18(10-3-14)31(29,30)22(19-11-6-16(23)12-20(19)24)13-21(26)15-4-7-17(8-5-15)25(27)28/h2-12,22H,13H2,1H3/t22-/m1/s1. The van der Waals surface area contributed by atoms with Gasteiger partial charge in [-0.3, -0.25) is 14.9 Å². The molecule has 0 saturated carbocycles. The molecule has 0 aromatic heterocycles. The molecule has 0 aliphatic heterocycles. The maximum atomic E-state index is 13.5. The third-order valence-electron chi connectivity index (χ3n) is 4.80. The van der Waals surface area contributed by atoms with Gasteiger partial charge in [-0.25, -0.2) is 8.42 Å². The molecule has 0 aliphatic carbocycles. The van der Waals surface area contributed by atoms with Gasteiger partial charge in [-0.15, -0.1) is 0 Å². The number of halogens is 2. The van der Waals surface area contributed by atoms with E-state index in [1.165, 1.54) is 54.6 Å². The van der Waals surface area contributed by atoms with Crippen molar-refractivity contribution in [3.05, 3.63) is 104 Å². The summed E-state index contributed by atoms with van der Waals surface area (Å²) in [7, 11) is -3.99. The molecule has 0 spiro atoms. The van der Waals surface area contributed by atoms with E-state index in [2.05, 4.69) is 0 Å². The van der Waals surface area contributed by atoms with Gasteiger partial charge in [-0.2, -0.15) is 0 Å². The highest BCUT2D eigenvalue weighted by Crippen LogP contribution is 2.37. The van der Waals surface area contributed by atoms with Crippen molar-refractivity contribution in [2.75, 3.05) is 0 Å². The molecule has 31 heavy (non-hydrogen) atoms. The Kier molecular flexibility index (Phi) is 6.79. The highest BCUT2D eigenvalue weighted by Gasteiger charge is 2.33. The van der Waals surface area contributed by atoms with E-state index in [1.807, 2.05) is 6.92 Å². The van der Waals surface area contributed by atoms with Crippen LogP contribution >= 0.6 is 23.2 Å². The molecule has 6 nitrogen and oxygen atoms in total. The van der Waals surface area contributed by atoms with Crippen molar-refractivity contribution in [1.29, 1.82) is 0 Å². The summed E-state index contributed by atoms with van der Waals surface area (Å²) in [5.74, 6) is -0.485. The Morgan fingerprint density at radius 3 is 2.16 bits per heavy atom. The zero-order valence-electron chi connectivity index (χ0n) is 16.3. The van der Waals surface area contributed by atoms with Crippen molar-refractivity contribution in [3.63, 3.8) is 0 Å². The monoisotopic (exact) mass is 477 g/mol. The van der Waals surface area contributed by atoms with E-state index in [-0.39, 0.29) is 26.7 Å². The fourth-order valence-electron chi connectivity index (χ4n) is 3.10. The average Bonchev–Trinajstić information content (AvgIpc) is 2.72. The highest BCUT2D eigenvalue weighted by molar-refractivity contribution is 7.91. The topological polar surface area (TPSA) is 94.3 Å². The molecule has 0 heterocycles. The van der Waals surface area contributed by atoms with Crippen LogP contribution < -0.4 is 0 Å². The summed E-state index contributed by atoms with van der Waals surface area (Å²) < 4.78 is 26.9. The van der Waals surface area contributed by atoms with Crippen LogP contribution in [0.3, 0.4) is 0 Å². The summed E-state index contributed by atoms with van der Waals surface area (Å²) in [4.78, 5) is 23.2. The Morgan fingerprint density at radius 2 is 1.61 bits per heavy atom. The van der Waals surface area contributed by atoms with Crippen LogP contribution in [0.5, 0.6) is 0 Å². The molecule has 0 bridgehead atoms. The molecule has 0 radical (unpaired) electrons. The summed E-state index contributed by atoms with van der Waals surface area (Å²) in [6.07, 6.45) is -0.393. The molecule has 160 valence electrons. The number of benzene rings is 3. The molecular weight excluding hydrogens is 461 g/mol. The summed E-state index contributed by atoms with van der Waals surface area (Å²) in [5, 5.41) is 10.0. The van der Waals surface area contributed by atoms with E-state index in [4.69, 9.17) is 23.2 Å². The Balaban J connectivity index is 2.04. The number of carbonyl (C=O) groups is 1. The third kappa shape index (κ3) is 5.12. The fraction of sp³-hybridized carbons (Fsp3) is 0.136. The van der Waals surface area contributed by atoms with Gasteiger partial charge in [-0.1, -0.05) is 47.0 Å². The largest absolute Gasteiger partial charge is 0.294 e. The predicted octanol–water partition coefficient (Wildman–Crippen LogP) is 6.00. The summed E-state index contributed by atoms with van der Waals surface area (Å²) in [6, 6.07) is 15.7. The molecule has 3 rings (SSSR count). The summed E-state index contributed by atoms with van der Waals surface area (Å²) in [6.45, 7) is 1.84. The van der Waals surface area contributed by atoms with Crippen molar-refractivity contribution in [1.82, 2.24) is 0 Å². The number of nitro groups is 1. The summed E-state index contributed by atoms with van der Waals surface area (Å²) >= 11 is 12.2. The number of nitro benzene ring substituents is 1. The minimum atomic E-state index is -3.99. The maximum absolute atomic E-state index is 13.5. The minimum Gasteiger partial charge on any atom is -0.294 e. The number of ketones is 1. The van der Waals surface area contributed by atoms with Gasteiger partial charge in [0.2, 0.25) is 0 Å². The number of nitrogens with zero attached hydrogens (tertiary/aromatic N) is 1. The van der Waals surface area contributed by atoms with Crippen LogP contribution in [-0.4, -0.2) is 19.1 Å². The number of rotatable bonds is 7. The predicted molar refractivity (Wildman–Crippen MR) is 120 cm³/mol. The van der Waals surface area contributed by atoms with Crippen LogP contribution in [0.25, 0.3) is 0 Å². The molecule has 0 aliphatic rings. The van der Waals surface area contributed by atoms with Crippen molar-refractivity contribution in [2.24, 2.45) is 0 Å². The molecule has 0 amide bonds. The second-order valence-corrected chi connectivity index (χ2v) is 9.92. The van der Waals surface area contributed by atoms with Crippen molar-refractivity contribution in [2.45, 2.75) is 23.5 Å². The molecule has 1 atom stereocenters. The number of hydrogen-bond acceptors (Lipinski definition) is 5. The Hall–Kier alpha value is -2.74. The van der Waals surface area contributed by atoms with Gasteiger partial charge in [0.05, 0.1) is 15.1 Å². The number of non-ortho nitro benzene ring substituents is 1. The van der Waals surface area contributed by atoms with Gasteiger partial charge < -0.3 is 0 Å². The van der Waals surface area contributed by atoms with Gasteiger partial charge in [0.25, 0.3) is 5.69 Å². The van der Waals surface area contributed by atoms with E-state index in [9.17, 15) is 23.3 Å². The Morgan fingerprint density at radius 1 is 1.00 bits per heavy atom. The lowest BCUT2D eigenvalue weighted by atomic mass is 10.0. The van der Waals surface area contributed by atoms with Gasteiger partial charge in [-0.05, 0) is 48.9 Å². The zero-order valence-corrected chi connectivity index (χ0v) is 18.6. The number of Topliss-reactive ketones (excluding diaryl/α,β-unsaturated/α-hetero) is 1. The first-order valence-electron chi connectivity index (χ1n) is 9.13. The molecular formula is C22H17Cl2NO5S. The lowest BCUT2D eigenvalue weighted by Gasteiger charge is -2.19. The normalized spacial score (nSPS) is 12.4. The average molecular weight is 478 g/mol. The van der Waals surface area contributed by atoms with Crippen LogP contribution in [0, 0.1) is 17.0 Å². The van der Waals surface area contributed by atoms with Crippen molar-refractivity contribution >= 4 is 44.5 Å². The van der Waals surface area contributed by atoms with Crippen LogP contribution in [0.1, 0.15) is 33.2 Å². The van der Waals surface area contributed by atoms with Crippen LogP contribution in [-0.2, 0) is 9.84 Å². The van der Waals surface area contributed by atoms with Crippen LogP contribution in [0.2, 0.25) is 10.0 Å². The first-order chi connectivity index (χ1) is 14.6. The van der Waals surface area contributed by atoms with Gasteiger partial charge in [0.1, 0.15) is 0 Å². The molecule has 0 fully saturated rings. The number of hydrogen-bond donors (Lipinski definition) is 0. The van der Waals surface area contributed by atoms with Gasteiger partial charge in [0, 0.05) is 34.2 Å². The van der Waals surface area contributed by atoms with E-state index in [1.54, 1.807) is 12.1 Å². The Labute approximate surface area is 189 Å². The van der Waals surface area contributed by atoms with Crippen molar-refractivity contribution < 1.29 is 18.1 Å². The molecule has 3 aromatic rings. The van der Waals surface area contributed by atoms with E-state index in [0.717, 1.165) is 5.56 Å². The second-order valence-electron chi connectivity index (χ2n) is 6.94. The molecule has 0 saturated heterocycles.